The molecule has 0 spiro atoms. The van der Waals surface area contributed by atoms with E-state index in [-0.39, 0.29) is 18.0 Å². The summed E-state index contributed by atoms with van der Waals surface area (Å²) in [6.07, 6.45) is -4.88. The summed E-state index contributed by atoms with van der Waals surface area (Å²) in [4.78, 5) is 12.2. The lowest BCUT2D eigenvalue weighted by atomic mass is 10.1. The van der Waals surface area contributed by atoms with Gasteiger partial charge in [0.1, 0.15) is 6.54 Å². The molecule has 7 heteroatoms. The van der Waals surface area contributed by atoms with Crippen molar-refractivity contribution < 1.29 is 28.0 Å². The average Bonchev–Trinajstić information content (AvgIpc) is 2.53. The number of amides is 1. The molecular weight excluding hydrogens is 321 g/mol. The van der Waals surface area contributed by atoms with Gasteiger partial charge in [-0.15, -0.1) is 0 Å². The van der Waals surface area contributed by atoms with E-state index in [2.05, 4.69) is 5.32 Å². The number of hydrogen-bond donors (Lipinski definition) is 2. The summed E-state index contributed by atoms with van der Waals surface area (Å²) in [5.74, 6) is -1.22. The number of ether oxygens (including phenoxy) is 1. The molecule has 1 unspecified atom stereocenters. The molecule has 0 saturated heterocycles. The van der Waals surface area contributed by atoms with E-state index >= 15 is 0 Å². The van der Waals surface area contributed by atoms with Crippen LogP contribution in [0, 0.1) is 6.92 Å². The third-order valence-electron chi connectivity index (χ3n) is 3.88. The summed E-state index contributed by atoms with van der Waals surface area (Å²) in [5, 5.41) is 3.18. The summed E-state index contributed by atoms with van der Waals surface area (Å²) in [5.41, 5.74) is -1.38. The van der Waals surface area contributed by atoms with Gasteiger partial charge in [0.05, 0.1) is 5.69 Å². The lowest BCUT2D eigenvalue weighted by molar-refractivity contribution is -0.783. The van der Waals surface area contributed by atoms with Crippen molar-refractivity contribution >= 4 is 11.6 Å². The van der Waals surface area contributed by atoms with Gasteiger partial charge in [-0.25, -0.2) is 0 Å². The molecule has 2 aromatic carbocycles. The Labute approximate surface area is 136 Å². The topological polar surface area (TPSA) is 54.9 Å². The Morgan fingerprint density at radius 2 is 1.88 bits per heavy atom. The van der Waals surface area contributed by atoms with Crippen molar-refractivity contribution in [3.8, 4) is 5.75 Å². The Morgan fingerprint density at radius 3 is 2.54 bits per heavy atom. The van der Waals surface area contributed by atoms with Gasteiger partial charge in [-0.1, -0.05) is 36.4 Å². The van der Waals surface area contributed by atoms with Crippen LogP contribution in [-0.2, 0) is 11.3 Å². The monoisotopic (exact) mass is 337 g/mol. The number of nitrogens with one attached hydrogen (secondary N) is 1. The van der Waals surface area contributed by atoms with Gasteiger partial charge in [0.25, 0.3) is 0 Å². The van der Waals surface area contributed by atoms with Crippen molar-refractivity contribution in [2.75, 3.05) is 5.32 Å². The van der Waals surface area contributed by atoms with Crippen molar-refractivity contribution in [3.05, 3.63) is 59.7 Å². The lowest BCUT2D eigenvalue weighted by Gasteiger charge is -2.35. The van der Waals surface area contributed by atoms with Crippen LogP contribution >= 0.6 is 0 Å². The number of rotatable bonds is 3. The number of benzene rings is 2. The maximum atomic E-state index is 13.7. The van der Waals surface area contributed by atoms with Crippen molar-refractivity contribution in [3.63, 3.8) is 0 Å². The third-order valence-corrected chi connectivity index (χ3v) is 3.88. The molecule has 1 aliphatic heterocycles. The van der Waals surface area contributed by atoms with Crippen molar-refractivity contribution in [2.45, 2.75) is 25.4 Å². The quantitative estimate of drug-likeness (QED) is 0.903. The molecule has 3 rings (SSSR count). The molecule has 1 heterocycles. The van der Waals surface area contributed by atoms with Gasteiger partial charge in [0, 0.05) is 5.56 Å². The summed E-state index contributed by atoms with van der Waals surface area (Å²) in [7, 11) is 0. The first-order chi connectivity index (χ1) is 11.3. The predicted octanol–water partition coefficient (Wildman–Crippen LogP) is 2.35. The highest BCUT2D eigenvalue weighted by Crippen LogP contribution is 2.39. The highest BCUT2D eigenvalue weighted by atomic mass is 19.4. The number of nitrogens with two attached hydrogens (primary N) is 1. The second-order valence-electron chi connectivity index (χ2n) is 5.68. The fraction of sp³-hybridized carbons (Fsp3) is 0.235. The van der Waals surface area contributed by atoms with Gasteiger partial charge >= 0.3 is 17.8 Å². The Balaban J connectivity index is 1.95. The van der Waals surface area contributed by atoms with Crippen molar-refractivity contribution in [2.24, 2.45) is 0 Å². The number of carbonyl (C=O) groups is 1. The highest BCUT2D eigenvalue weighted by molar-refractivity contribution is 6.00. The first-order valence-corrected chi connectivity index (χ1v) is 7.38. The molecule has 24 heavy (non-hydrogen) atoms. The minimum atomic E-state index is -4.88. The molecule has 0 fully saturated rings. The highest BCUT2D eigenvalue weighted by Gasteiger charge is 2.69. The van der Waals surface area contributed by atoms with Gasteiger partial charge in [-0.05, 0) is 24.6 Å². The Kier molecular flexibility index (Phi) is 3.96. The summed E-state index contributed by atoms with van der Waals surface area (Å²) >= 11 is 0. The minimum absolute atomic E-state index is 0.0104. The predicted molar refractivity (Wildman–Crippen MR) is 81.3 cm³/mol. The Hall–Kier alpha value is -2.54. The van der Waals surface area contributed by atoms with Crippen molar-refractivity contribution in [1.29, 1.82) is 0 Å². The Bertz CT molecular complexity index is 762. The van der Waals surface area contributed by atoms with Crippen LogP contribution in [-0.4, -0.2) is 17.8 Å². The van der Waals surface area contributed by atoms with E-state index in [1.165, 1.54) is 12.1 Å². The number of halogens is 3. The minimum Gasteiger partial charge on any atom is -0.423 e. The van der Waals surface area contributed by atoms with Crippen LogP contribution in [0.5, 0.6) is 5.75 Å². The molecule has 3 N–H and O–H groups in total. The number of alkyl halides is 3. The van der Waals surface area contributed by atoms with E-state index in [1.54, 1.807) is 43.3 Å². The molecular formula is C17H16F3N2O2+. The molecule has 0 bridgehead atoms. The molecule has 2 aromatic rings. The van der Waals surface area contributed by atoms with E-state index in [0.717, 1.165) is 10.9 Å². The van der Waals surface area contributed by atoms with E-state index in [4.69, 9.17) is 4.74 Å². The van der Waals surface area contributed by atoms with Gasteiger partial charge in [-0.3, -0.25) is 10.1 Å². The number of quaternary nitrogens is 1. The fourth-order valence-electron chi connectivity index (χ4n) is 2.56. The first kappa shape index (κ1) is 16.3. The average molecular weight is 337 g/mol. The zero-order valence-electron chi connectivity index (χ0n) is 12.9. The van der Waals surface area contributed by atoms with E-state index in [9.17, 15) is 18.0 Å². The van der Waals surface area contributed by atoms with E-state index in [1.807, 2.05) is 0 Å². The number of carbonyl (C=O) groups excluding carboxylic acids is 1. The normalized spacial score (nSPS) is 20.1. The number of anilines is 1. The van der Waals surface area contributed by atoms with Crippen molar-refractivity contribution in [1.82, 2.24) is 0 Å². The Morgan fingerprint density at radius 1 is 1.17 bits per heavy atom. The van der Waals surface area contributed by atoms with Gasteiger partial charge in [-0.2, -0.15) is 13.2 Å². The van der Waals surface area contributed by atoms with Crippen LogP contribution in [0.4, 0.5) is 18.9 Å². The van der Waals surface area contributed by atoms with Crippen LogP contribution in [0.25, 0.3) is 0 Å². The van der Waals surface area contributed by atoms with Crippen LogP contribution in [0.15, 0.2) is 48.5 Å². The second kappa shape index (κ2) is 5.83. The third kappa shape index (κ3) is 2.82. The molecule has 1 atom stereocenters. The smallest absolute Gasteiger partial charge is 0.423 e. The van der Waals surface area contributed by atoms with Gasteiger partial charge in [0.2, 0.25) is 0 Å². The fourth-order valence-corrected chi connectivity index (χ4v) is 2.56. The van der Waals surface area contributed by atoms with Crippen LogP contribution in [0.2, 0.25) is 0 Å². The second-order valence-corrected chi connectivity index (χ2v) is 5.68. The molecule has 4 nitrogen and oxygen atoms in total. The molecule has 1 amide bonds. The summed E-state index contributed by atoms with van der Waals surface area (Å²) in [6.45, 7) is 1.69. The maximum Gasteiger partial charge on any atom is 0.496 e. The molecule has 126 valence electrons. The van der Waals surface area contributed by atoms with E-state index in [0.29, 0.717) is 5.56 Å². The maximum absolute atomic E-state index is 13.7. The SMILES string of the molecule is Cc1ccc2c(c1)OC([NH2+]Cc1ccccc1)(C(F)(F)F)C(=O)N2. The lowest BCUT2D eigenvalue weighted by Crippen LogP contribution is -3.04. The molecule has 1 aliphatic rings. The van der Waals surface area contributed by atoms with Gasteiger partial charge in [0.15, 0.2) is 5.75 Å². The molecule has 0 aliphatic carbocycles. The van der Waals surface area contributed by atoms with E-state index < -0.39 is 17.8 Å². The number of fused-ring (bicyclic) bond motifs is 1. The summed E-state index contributed by atoms with van der Waals surface area (Å²) in [6, 6.07) is 13.3. The first-order valence-electron chi connectivity index (χ1n) is 7.38. The largest absolute Gasteiger partial charge is 0.496 e. The molecule has 0 saturated carbocycles. The van der Waals surface area contributed by atoms with Gasteiger partial charge < -0.3 is 10.1 Å². The van der Waals surface area contributed by atoms with Crippen LogP contribution < -0.4 is 15.4 Å². The number of aryl methyl sites for hydroxylation is 1. The molecule has 0 aromatic heterocycles. The number of hydrogen-bond acceptors (Lipinski definition) is 2. The van der Waals surface area contributed by atoms with Crippen LogP contribution in [0.1, 0.15) is 11.1 Å². The summed E-state index contributed by atoms with van der Waals surface area (Å²) < 4.78 is 46.4. The van der Waals surface area contributed by atoms with Crippen LogP contribution in [0.3, 0.4) is 0 Å². The zero-order chi connectivity index (χ0) is 17.4. The molecule has 0 radical (unpaired) electrons. The zero-order valence-corrected chi connectivity index (χ0v) is 12.9. The standard InChI is InChI=1S/C17H15F3N2O2/c1-11-7-8-13-14(9-11)24-16(15(23)22-13,17(18,19)20)21-10-12-5-3-2-4-6-12/h2-9,21H,10H2,1H3,(H,22,23)/p+1.